The van der Waals surface area contributed by atoms with Crippen LogP contribution in [0.4, 0.5) is 0 Å². The van der Waals surface area contributed by atoms with Crippen LogP contribution in [0.1, 0.15) is 18.9 Å². The lowest BCUT2D eigenvalue weighted by Crippen LogP contribution is -2.40. The third-order valence-corrected chi connectivity index (χ3v) is 3.80. The molecule has 8 nitrogen and oxygen atoms in total. The van der Waals surface area contributed by atoms with Gasteiger partial charge in [0.25, 0.3) is 0 Å². The summed E-state index contributed by atoms with van der Waals surface area (Å²) in [5.41, 5.74) is 0.648. The highest BCUT2D eigenvalue weighted by atomic mass is 32.2. The third-order valence-electron chi connectivity index (χ3n) is 2.87. The van der Waals surface area contributed by atoms with Gasteiger partial charge in [-0.1, -0.05) is 12.1 Å². The predicted octanol–water partition coefficient (Wildman–Crippen LogP) is -0.507. The Balaban J connectivity index is 2.36. The lowest BCUT2D eigenvalue weighted by molar-refractivity contribution is -0.139. The number of amides is 2. The number of hydrogen-bond donors (Lipinski definition) is 3. The molecule has 9 heteroatoms. The molecule has 0 atom stereocenters. The highest BCUT2D eigenvalue weighted by molar-refractivity contribution is 7.89. The Morgan fingerprint density at radius 3 is 2.30 bits per heavy atom. The zero-order valence-electron chi connectivity index (χ0n) is 12.9. The van der Waals surface area contributed by atoms with Crippen LogP contribution < -0.4 is 15.8 Å². The minimum atomic E-state index is -3.74. The second-order valence-corrected chi connectivity index (χ2v) is 6.24. The summed E-state index contributed by atoms with van der Waals surface area (Å²) in [4.78, 5) is 23.1. The molecule has 23 heavy (non-hydrogen) atoms. The summed E-state index contributed by atoms with van der Waals surface area (Å²) < 4.78 is 27.3. The molecule has 1 rings (SSSR count). The minimum Gasteiger partial charge on any atom is -0.382 e. The molecule has 0 saturated carbocycles. The van der Waals surface area contributed by atoms with E-state index in [1.165, 1.54) is 24.3 Å². The molecule has 0 heterocycles. The fraction of sp³-hybridized carbons (Fsp3) is 0.429. The van der Waals surface area contributed by atoms with Crippen molar-refractivity contribution >= 4 is 21.8 Å². The second kappa shape index (κ2) is 9.23. The first-order chi connectivity index (χ1) is 10.8. The number of ether oxygens (including phenoxy) is 1. The van der Waals surface area contributed by atoms with Crippen LogP contribution in [0.5, 0.6) is 0 Å². The van der Waals surface area contributed by atoms with Gasteiger partial charge in [0.15, 0.2) is 0 Å². The molecule has 0 aliphatic heterocycles. The van der Waals surface area contributed by atoms with Gasteiger partial charge >= 0.3 is 11.8 Å². The Labute approximate surface area is 135 Å². The summed E-state index contributed by atoms with van der Waals surface area (Å²) in [7, 11) is -3.74. The maximum atomic E-state index is 11.6. The summed E-state index contributed by atoms with van der Waals surface area (Å²) in [6.07, 6.45) is 0.627. The molecule has 128 valence electrons. The third kappa shape index (κ3) is 7.22. The number of carbonyl (C=O) groups is 2. The van der Waals surface area contributed by atoms with Crippen LogP contribution in [0.3, 0.4) is 0 Å². The number of nitrogens with two attached hydrogens (primary N) is 1. The number of sulfonamides is 1. The number of nitrogens with one attached hydrogen (secondary N) is 2. The lowest BCUT2D eigenvalue weighted by Gasteiger charge is -2.07. The summed E-state index contributed by atoms with van der Waals surface area (Å²) in [5, 5.41) is 9.91. The van der Waals surface area contributed by atoms with E-state index in [2.05, 4.69) is 10.6 Å². The van der Waals surface area contributed by atoms with Gasteiger partial charge in [-0.2, -0.15) is 0 Å². The summed E-state index contributed by atoms with van der Waals surface area (Å²) in [6.45, 7) is 3.47. The van der Waals surface area contributed by atoms with Crippen molar-refractivity contribution in [3.05, 3.63) is 29.8 Å². The molecule has 0 aliphatic carbocycles. The molecule has 2 amide bonds. The zero-order chi connectivity index (χ0) is 17.3. The fourth-order valence-electron chi connectivity index (χ4n) is 1.66. The van der Waals surface area contributed by atoms with Crippen molar-refractivity contribution in [1.29, 1.82) is 0 Å². The Kier molecular flexibility index (Phi) is 7.66. The van der Waals surface area contributed by atoms with E-state index in [0.717, 1.165) is 0 Å². The molecule has 1 aromatic rings. The van der Waals surface area contributed by atoms with Gasteiger partial charge in [-0.15, -0.1) is 0 Å². The van der Waals surface area contributed by atoms with Crippen LogP contribution >= 0.6 is 0 Å². The maximum absolute atomic E-state index is 11.6. The highest BCUT2D eigenvalue weighted by Crippen LogP contribution is 2.08. The van der Waals surface area contributed by atoms with E-state index in [0.29, 0.717) is 31.7 Å². The average molecular weight is 343 g/mol. The van der Waals surface area contributed by atoms with Gasteiger partial charge in [0.2, 0.25) is 10.0 Å². The van der Waals surface area contributed by atoms with Gasteiger partial charge in [0.05, 0.1) is 4.90 Å². The molecule has 0 saturated heterocycles. The van der Waals surface area contributed by atoms with Gasteiger partial charge < -0.3 is 15.4 Å². The van der Waals surface area contributed by atoms with Gasteiger partial charge in [0, 0.05) is 26.3 Å². The molecule has 0 fully saturated rings. The number of hydrogen-bond acceptors (Lipinski definition) is 5. The molecule has 0 aliphatic rings. The van der Waals surface area contributed by atoms with E-state index >= 15 is 0 Å². The van der Waals surface area contributed by atoms with E-state index in [1.54, 1.807) is 0 Å². The standard InChI is InChI=1S/C14H21N3O5S/c1-2-22-9-3-8-16-13(18)14(19)17-10-11-4-6-12(7-5-11)23(15,20)21/h4-7H,2-3,8-10H2,1H3,(H,16,18)(H,17,19)(H2,15,20,21). The second-order valence-electron chi connectivity index (χ2n) is 4.68. The predicted molar refractivity (Wildman–Crippen MR) is 83.8 cm³/mol. The Bertz CT molecular complexity index is 628. The molecule has 0 bridgehead atoms. The van der Waals surface area contributed by atoms with Crippen molar-refractivity contribution in [2.75, 3.05) is 19.8 Å². The molecule has 0 unspecified atom stereocenters. The maximum Gasteiger partial charge on any atom is 0.309 e. The number of rotatable bonds is 8. The van der Waals surface area contributed by atoms with E-state index in [-0.39, 0.29) is 11.4 Å². The number of benzene rings is 1. The Hall–Kier alpha value is -1.97. The van der Waals surface area contributed by atoms with Gasteiger partial charge in [0.1, 0.15) is 0 Å². The fourth-order valence-corrected chi connectivity index (χ4v) is 2.18. The normalized spacial score (nSPS) is 11.0. The molecule has 0 radical (unpaired) electrons. The van der Waals surface area contributed by atoms with Crippen LogP contribution in [0.25, 0.3) is 0 Å². The van der Waals surface area contributed by atoms with Gasteiger partial charge in [-0.25, -0.2) is 13.6 Å². The first-order valence-electron chi connectivity index (χ1n) is 7.10. The van der Waals surface area contributed by atoms with Crippen LogP contribution in [0.2, 0.25) is 0 Å². The first-order valence-corrected chi connectivity index (χ1v) is 8.64. The minimum absolute atomic E-state index is 0.0142. The van der Waals surface area contributed by atoms with E-state index in [4.69, 9.17) is 9.88 Å². The van der Waals surface area contributed by atoms with Crippen LogP contribution in [0.15, 0.2) is 29.2 Å². The largest absolute Gasteiger partial charge is 0.382 e. The van der Waals surface area contributed by atoms with Crippen molar-refractivity contribution in [2.45, 2.75) is 24.8 Å². The van der Waals surface area contributed by atoms with E-state index in [9.17, 15) is 18.0 Å². The molecule has 0 spiro atoms. The summed E-state index contributed by atoms with van der Waals surface area (Å²) in [6, 6.07) is 5.70. The van der Waals surface area contributed by atoms with Crippen molar-refractivity contribution in [3.8, 4) is 0 Å². The zero-order valence-corrected chi connectivity index (χ0v) is 13.7. The van der Waals surface area contributed by atoms with E-state index < -0.39 is 21.8 Å². The van der Waals surface area contributed by atoms with Crippen molar-refractivity contribution in [2.24, 2.45) is 5.14 Å². The Morgan fingerprint density at radius 2 is 1.74 bits per heavy atom. The highest BCUT2D eigenvalue weighted by Gasteiger charge is 2.12. The number of primary sulfonamides is 1. The topological polar surface area (TPSA) is 128 Å². The SMILES string of the molecule is CCOCCCNC(=O)C(=O)NCc1ccc(S(N)(=O)=O)cc1. The summed E-state index contributed by atoms with van der Waals surface area (Å²) in [5.74, 6) is -1.47. The Morgan fingerprint density at radius 1 is 1.13 bits per heavy atom. The van der Waals surface area contributed by atoms with Crippen molar-refractivity contribution in [3.63, 3.8) is 0 Å². The molecule has 4 N–H and O–H groups in total. The lowest BCUT2D eigenvalue weighted by atomic mass is 10.2. The van der Waals surface area contributed by atoms with Crippen LogP contribution in [-0.2, 0) is 30.9 Å². The molecular weight excluding hydrogens is 322 g/mol. The monoisotopic (exact) mass is 343 g/mol. The average Bonchev–Trinajstić information content (AvgIpc) is 2.51. The van der Waals surface area contributed by atoms with Crippen molar-refractivity contribution < 1.29 is 22.7 Å². The van der Waals surface area contributed by atoms with Crippen molar-refractivity contribution in [1.82, 2.24) is 10.6 Å². The smallest absolute Gasteiger partial charge is 0.309 e. The molecule has 1 aromatic carbocycles. The number of carbonyl (C=O) groups excluding carboxylic acids is 2. The molecule has 0 aromatic heterocycles. The van der Waals surface area contributed by atoms with E-state index in [1.807, 2.05) is 6.92 Å². The first kappa shape index (κ1) is 19.1. The summed E-state index contributed by atoms with van der Waals surface area (Å²) >= 11 is 0. The van der Waals surface area contributed by atoms with Gasteiger partial charge in [-0.3, -0.25) is 9.59 Å². The van der Waals surface area contributed by atoms with Crippen LogP contribution in [-0.4, -0.2) is 40.0 Å². The van der Waals surface area contributed by atoms with Gasteiger partial charge in [-0.05, 0) is 31.0 Å². The van der Waals surface area contributed by atoms with Crippen LogP contribution in [0, 0.1) is 0 Å². The quantitative estimate of drug-likeness (QED) is 0.433. The molecular formula is C14H21N3O5S.